The minimum atomic E-state index is -0.752. The number of aryl methyl sites for hydroxylation is 1. The fourth-order valence-electron chi connectivity index (χ4n) is 2.31. The van der Waals surface area contributed by atoms with Crippen molar-refractivity contribution in [3.8, 4) is 0 Å². The Balaban J connectivity index is 1.97. The van der Waals surface area contributed by atoms with E-state index in [0.29, 0.717) is 5.69 Å². The van der Waals surface area contributed by atoms with Gasteiger partial charge in [-0.15, -0.1) is 0 Å². The zero-order valence-electron chi connectivity index (χ0n) is 12.1. The molecule has 2 aromatic rings. The van der Waals surface area contributed by atoms with E-state index in [1.165, 1.54) is 18.2 Å². The fraction of sp³-hybridized carbons (Fsp3) is 0.0588. The summed E-state index contributed by atoms with van der Waals surface area (Å²) in [5.41, 5.74) is 1.35. The number of amides is 2. The molecule has 1 N–H and O–H groups in total. The zero-order chi connectivity index (χ0) is 16.6. The first-order valence-corrected chi connectivity index (χ1v) is 7.24. The van der Waals surface area contributed by atoms with Crippen LogP contribution in [0.15, 0.2) is 59.3 Å². The first-order valence-electron chi connectivity index (χ1n) is 6.86. The minimum absolute atomic E-state index is 0.0609. The van der Waals surface area contributed by atoms with Gasteiger partial charge < -0.3 is 5.32 Å². The monoisotopic (exact) mass is 330 g/mol. The molecule has 1 aliphatic rings. The molecule has 0 fully saturated rings. The number of para-hydroxylation sites is 2. The average Bonchev–Trinajstić information content (AvgIpc) is 2.74. The van der Waals surface area contributed by atoms with Crippen LogP contribution < -0.4 is 10.2 Å². The number of hydrogen-bond acceptors (Lipinski definition) is 3. The van der Waals surface area contributed by atoms with E-state index in [0.717, 1.165) is 10.5 Å². The lowest BCUT2D eigenvalue weighted by atomic mass is 10.2. The van der Waals surface area contributed by atoms with Gasteiger partial charge in [-0.05, 0) is 30.7 Å². The molecule has 0 unspecified atom stereocenters. The Bertz CT molecular complexity index is 848. The topological polar surface area (TPSA) is 49.4 Å². The maximum atomic E-state index is 13.9. The normalized spacial score (nSPS) is 14.7. The number of carbonyl (C=O) groups excluding carboxylic acids is 2. The molecular weight excluding hydrogens is 319 g/mol. The molecule has 0 spiro atoms. The van der Waals surface area contributed by atoms with Crippen LogP contribution in [-0.2, 0) is 9.59 Å². The van der Waals surface area contributed by atoms with Crippen LogP contribution in [0, 0.1) is 12.7 Å². The Morgan fingerprint density at radius 3 is 2.35 bits per heavy atom. The molecule has 0 radical (unpaired) electrons. The van der Waals surface area contributed by atoms with Crippen molar-refractivity contribution in [2.75, 3.05) is 10.2 Å². The summed E-state index contributed by atoms with van der Waals surface area (Å²) in [5.74, 6) is -2.11. The SMILES string of the molecule is Cc1ccccc1NC1=C(Cl)C(=O)N(c2ccccc2F)C1=O. The maximum Gasteiger partial charge on any atom is 0.283 e. The molecule has 0 bridgehead atoms. The third kappa shape index (κ3) is 2.59. The highest BCUT2D eigenvalue weighted by atomic mass is 35.5. The number of imide groups is 1. The predicted molar refractivity (Wildman–Crippen MR) is 86.6 cm³/mol. The lowest BCUT2D eigenvalue weighted by Gasteiger charge is -2.16. The highest BCUT2D eigenvalue weighted by Crippen LogP contribution is 2.31. The molecule has 0 aromatic heterocycles. The van der Waals surface area contributed by atoms with Crippen molar-refractivity contribution in [1.82, 2.24) is 0 Å². The van der Waals surface area contributed by atoms with Crippen molar-refractivity contribution in [3.63, 3.8) is 0 Å². The molecule has 2 aromatic carbocycles. The van der Waals surface area contributed by atoms with E-state index in [4.69, 9.17) is 11.6 Å². The summed E-state index contributed by atoms with van der Waals surface area (Å²) in [6.45, 7) is 1.85. The quantitative estimate of drug-likeness (QED) is 0.875. The maximum absolute atomic E-state index is 13.9. The highest BCUT2D eigenvalue weighted by molar-refractivity contribution is 6.53. The van der Waals surface area contributed by atoms with E-state index in [-0.39, 0.29) is 16.4 Å². The highest BCUT2D eigenvalue weighted by Gasteiger charge is 2.40. The van der Waals surface area contributed by atoms with Crippen molar-refractivity contribution in [3.05, 3.63) is 70.6 Å². The van der Waals surface area contributed by atoms with Crippen molar-refractivity contribution in [2.24, 2.45) is 0 Å². The van der Waals surface area contributed by atoms with Gasteiger partial charge in [-0.3, -0.25) is 9.59 Å². The third-order valence-electron chi connectivity index (χ3n) is 3.53. The summed E-state index contributed by atoms with van der Waals surface area (Å²) in [5, 5.41) is 2.61. The van der Waals surface area contributed by atoms with Crippen LogP contribution in [0.4, 0.5) is 15.8 Å². The Morgan fingerprint density at radius 1 is 1.00 bits per heavy atom. The average molecular weight is 331 g/mol. The molecule has 0 atom stereocenters. The van der Waals surface area contributed by atoms with Crippen molar-refractivity contribution in [1.29, 1.82) is 0 Å². The van der Waals surface area contributed by atoms with E-state index in [9.17, 15) is 14.0 Å². The second kappa shape index (κ2) is 5.85. The van der Waals surface area contributed by atoms with Crippen molar-refractivity contribution in [2.45, 2.75) is 6.92 Å². The first-order chi connectivity index (χ1) is 11.0. The van der Waals surface area contributed by atoms with Gasteiger partial charge in [0.15, 0.2) is 0 Å². The number of halogens is 2. The lowest BCUT2D eigenvalue weighted by molar-refractivity contribution is -0.120. The number of rotatable bonds is 3. The van der Waals surface area contributed by atoms with Crippen LogP contribution in [0.1, 0.15) is 5.56 Å². The van der Waals surface area contributed by atoms with Crippen molar-refractivity contribution < 1.29 is 14.0 Å². The second-order valence-electron chi connectivity index (χ2n) is 5.03. The minimum Gasteiger partial charge on any atom is -0.349 e. The Morgan fingerprint density at radius 2 is 1.65 bits per heavy atom. The van der Waals surface area contributed by atoms with Crippen LogP contribution in [0.5, 0.6) is 0 Å². The van der Waals surface area contributed by atoms with Gasteiger partial charge in [0.1, 0.15) is 16.5 Å². The first kappa shape index (κ1) is 15.2. The summed E-state index contributed by atoms with van der Waals surface area (Å²) >= 11 is 6.01. The van der Waals surface area contributed by atoms with Gasteiger partial charge in [-0.2, -0.15) is 0 Å². The number of hydrogen-bond donors (Lipinski definition) is 1. The molecule has 116 valence electrons. The van der Waals surface area contributed by atoms with Crippen LogP contribution in [0.2, 0.25) is 0 Å². The number of nitrogens with one attached hydrogen (secondary N) is 1. The van der Waals surface area contributed by atoms with Gasteiger partial charge in [0.05, 0.1) is 5.69 Å². The van der Waals surface area contributed by atoms with Crippen LogP contribution in [0.25, 0.3) is 0 Å². The van der Waals surface area contributed by atoms with E-state index in [1.54, 1.807) is 18.2 Å². The predicted octanol–water partition coefficient (Wildman–Crippen LogP) is 3.57. The van der Waals surface area contributed by atoms with Gasteiger partial charge in [-0.25, -0.2) is 9.29 Å². The Kier molecular flexibility index (Phi) is 3.88. The van der Waals surface area contributed by atoms with Gasteiger partial charge >= 0.3 is 0 Å². The van der Waals surface area contributed by atoms with Gasteiger partial charge in [-0.1, -0.05) is 41.9 Å². The van der Waals surface area contributed by atoms with E-state index in [2.05, 4.69) is 5.32 Å². The lowest BCUT2D eigenvalue weighted by Crippen LogP contribution is -2.33. The summed E-state index contributed by atoms with van der Waals surface area (Å²) in [4.78, 5) is 25.5. The van der Waals surface area contributed by atoms with Crippen molar-refractivity contribution >= 4 is 34.8 Å². The smallest absolute Gasteiger partial charge is 0.283 e. The number of anilines is 2. The van der Waals surface area contributed by atoms with Crippen LogP contribution in [0.3, 0.4) is 0 Å². The molecule has 6 heteroatoms. The molecule has 1 heterocycles. The third-order valence-corrected chi connectivity index (χ3v) is 3.88. The molecule has 0 saturated heterocycles. The molecule has 0 aliphatic carbocycles. The summed E-state index contributed by atoms with van der Waals surface area (Å²) in [7, 11) is 0. The van der Waals surface area contributed by atoms with E-state index < -0.39 is 17.6 Å². The van der Waals surface area contributed by atoms with Gasteiger partial charge in [0, 0.05) is 5.69 Å². The summed E-state index contributed by atoms with van der Waals surface area (Å²) in [6.07, 6.45) is 0. The molecule has 0 saturated carbocycles. The van der Waals surface area contributed by atoms with E-state index >= 15 is 0 Å². The molecule has 1 aliphatic heterocycles. The zero-order valence-corrected chi connectivity index (χ0v) is 12.9. The summed E-state index contributed by atoms with van der Waals surface area (Å²) < 4.78 is 13.9. The number of nitrogens with zero attached hydrogens (tertiary/aromatic N) is 1. The fourth-order valence-corrected chi connectivity index (χ4v) is 2.52. The number of carbonyl (C=O) groups is 2. The van der Waals surface area contributed by atoms with E-state index in [1.807, 2.05) is 19.1 Å². The Labute approximate surface area is 137 Å². The molecule has 4 nitrogen and oxygen atoms in total. The van der Waals surface area contributed by atoms with Gasteiger partial charge in [0.25, 0.3) is 11.8 Å². The molecule has 23 heavy (non-hydrogen) atoms. The second-order valence-corrected chi connectivity index (χ2v) is 5.40. The summed E-state index contributed by atoms with van der Waals surface area (Å²) in [6, 6.07) is 12.8. The molecule has 2 amide bonds. The number of benzene rings is 2. The standard InChI is InChI=1S/C17H12ClFN2O2/c1-10-6-2-4-8-12(10)20-15-14(18)16(22)21(17(15)23)13-9-5-3-7-11(13)19/h2-9,20H,1H3. The molecule has 3 rings (SSSR count). The Hall–Kier alpha value is -2.66. The van der Waals surface area contributed by atoms with Crippen LogP contribution >= 0.6 is 11.6 Å². The van der Waals surface area contributed by atoms with Crippen LogP contribution in [-0.4, -0.2) is 11.8 Å². The largest absolute Gasteiger partial charge is 0.349 e. The van der Waals surface area contributed by atoms with Gasteiger partial charge in [0.2, 0.25) is 0 Å². The molecular formula is C17H12ClFN2O2.